The maximum absolute atomic E-state index is 12.2. The predicted octanol–water partition coefficient (Wildman–Crippen LogP) is 1.06. The molecule has 0 aliphatic carbocycles. The van der Waals surface area contributed by atoms with Gasteiger partial charge >= 0.3 is 6.18 Å². The van der Waals surface area contributed by atoms with Crippen LogP contribution in [0.4, 0.5) is 19.1 Å². The summed E-state index contributed by atoms with van der Waals surface area (Å²) in [5.74, 6) is -0.358. The monoisotopic (exact) mass is 195 g/mol. The molecule has 0 radical (unpaired) electrons. The average Bonchev–Trinajstić information content (AvgIpc) is 2.29. The number of imidazole rings is 1. The number of nitrogens with one attached hydrogen (secondary N) is 1. The van der Waals surface area contributed by atoms with Crippen LogP contribution in [0, 0.1) is 0 Å². The number of aliphatic hydroxyl groups is 1. The van der Waals surface area contributed by atoms with Gasteiger partial charge in [0.15, 0.2) is 11.6 Å². The summed E-state index contributed by atoms with van der Waals surface area (Å²) in [4.78, 5) is 5.19. The van der Waals surface area contributed by atoms with E-state index in [2.05, 4.69) is 9.97 Å². The molecule has 0 spiro atoms. The van der Waals surface area contributed by atoms with Crippen LogP contribution in [-0.2, 0) is 6.18 Å². The fourth-order valence-corrected chi connectivity index (χ4v) is 0.924. The molecule has 0 aliphatic rings. The summed E-state index contributed by atoms with van der Waals surface area (Å²) in [5, 5.41) is 8.95. The Hall–Kier alpha value is -1.24. The van der Waals surface area contributed by atoms with E-state index in [0.717, 1.165) is 0 Å². The molecule has 0 saturated heterocycles. The summed E-state index contributed by atoms with van der Waals surface area (Å²) in [6, 6.07) is 0. The first-order valence-electron chi connectivity index (χ1n) is 3.43. The lowest BCUT2D eigenvalue weighted by Crippen LogP contribution is -2.10. The Balaban J connectivity index is 3.20. The van der Waals surface area contributed by atoms with Crippen LogP contribution in [0.15, 0.2) is 0 Å². The highest BCUT2D eigenvalue weighted by molar-refractivity contribution is 5.29. The van der Waals surface area contributed by atoms with Crippen molar-refractivity contribution in [2.24, 2.45) is 0 Å². The highest BCUT2D eigenvalue weighted by atomic mass is 19.4. The molecule has 4 N–H and O–H groups in total. The number of aromatic amines is 1. The maximum Gasteiger partial charge on any atom is 0.435 e. The topological polar surface area (TPSA) is 74.9 Å². The van der Waals surface area contributed by atoms with Gasteiger partial charge in [-0.1, -0.05) is 0 Å². The van der Waals surface area contributed by atoms with Crippen molar-refractivity contribution in [3.05, 3.63) is 11.4 Å². The maximum atomic E-state index is 12.2. The minimum Gasteiger partial charge on any atom is -0.387 e. The Morgan fingerprint density at radius 1 is 1.54 bits per heavy atom. The normalized spacial score (nSPS) is 14.5. The van der Waals surface area contributed by atoms with E-state index in [4.69, 9.17) is 10.8 Å². The van der Waals surface area contributed by atoms with E-state index in [1.54, 1.807) is 0 Å². The lowest BCUT2D eigenvalue weighted by Gasteiger charge is -2.07. The Morgan fingerprint density at radius 3 is 2.38 bits per heavy atom. The van der Waals surface area contributed by atoms with Gasteiger partial charge in [-0.15, -0.1) is 0 Å². The second-order valence-corrected chi connectivity index (χ2v) is 2.56. The van der Waals surface area contributed by atoms with E-state index < -0.39 is 23.7 Å². The van der Waals surface area contributed by atoms with E-state index in [1.807, 2.05) is 0 Å². The van der Waals surface area contributed by atoms with Crippen molar-refractivity contribution in [1.29, 1.82) is 0 Å². The Morgan fingerprint density at radius 2 is 2.08 bits per heavy atom. The molecule has 1 aromatic heterocycles. The predicted molar refractivity (Wildman–Crippen MR) is 38.6 cm³/mol. The van der Waals surface area contributed by atoms with Gasteiger partial charge < -0.3 is 15.8 Å². The zero-order chi connectivity index (χ0) is 10.2. The first-order valence-corrected chi connectivity index (χ1v) is 3.43. The van der Waals surface area contributed by atoms with Crippen molar-refractivity contribution < 1.29 is 18.3 Å². The fraction of sp³-hybridized carbons (Fsp3) is 0.500. The molecule has 1 heterocycles. The number of anilines is 1. The zero-order valence-corrected chi connectivity index (χ0v) is 6.68. The van der Waals surface area contributed by atoms with Crippen molar-refractivity contribution in [2.45, 2.75) is 19.2 Å². The van der Waals surface area contributed by atoms with E-state index >= 15 is 0 Å². The minimum atomic E-state index is -4.60. The number of hydrogen-bond acceptors (Lipinski definition) is 3. The molecular weight excluding hydrogens is 187 g/mol. The fourth-order valence-electron chi connectivity index (χ4n) is 0.924. The molecule has 0 aromatic carbocycles. The lowest BCUT2D eigenvalue weighted by molar-refractivity contribution is -0.142. The first kappa shape index (κ1) is 9.85. The largest absolute Gasteiger partial charge is 0.435 e. The number of aromatic nitrogens is 2. The van der Waals surface area contributed by atoms with Gasteiger partial charge in [-0.2, -0.15) is 13.2 Å². The number of H-pyrrole nitrogens is 1. The van der Waals surface area contributed by atoms with Crippen molar-refractivity contribution in [3.63, 3.8) is 0 Å². The third kappa shape index (κ3) is 1.92. The van der Waals surface area contributed by atoms with Crippen LogP contribution >= 0.6 is 0 Å². The SMILES string of the molecule is CC(O)c1[nH]c(N)nc1C(F)(F)F. The number of halogens is 3. The average molecular weight is 195 g/mol. The highest BCUT2D eigenvalue weighted by Gasteiger charge is 2.38. The number of alkyl halides is 3. The van der Waals surface area contributed by atoms with Crippen molar-refractivity contribution in [2.75, 3.05) is 5.73 Å². The second kappa shape index (κ2) is 2.91. The third-order valence-corrected chi connectivity index (χ3v) is 1.44. The number of nitrogen functional groups attached to an aromatic ring is 1. The molecule has 0 aliphatic heterocycles. The number of nitrogens with two attached hydrogens (primary N) is 1. The van der Waals surface area contributed by atoms with Crippen LogP contribution < -0.4 is 5.73 Å². The summed E-state index contributed by atoms with van der Waals surface area (Å²) in [5.41, 5.74) is 3.46. The quantitative estimate of drug-likeness (QED) is 0.627. The molecule has 7 heteroatoms. The van der Waals surface area contributed by atoms with Crippen LogP contribution in [0.2, 0.25) is 0 Å². The van der Waals surface area contributed by atoms with Crippen LogP contribution in [0.25, 0.3) is 0 Å². The molecule has 1 unspecified atom stereocenters. The van der Waals surface area contributed by atoms with E-state index in [0.29, 0.717) is 0 Å². The number of hydrogen-bond donors (Lipinski definition) is 3. The van der Waals surface area contributed by atoms with Gasteiger partial charge in [-0.25, -0.2) is 4.98 Å². The van der Waals surface area contributed by atoms with E-state index in [9.17, 15) is 13.2 Å². The summed E-state index contributed by atoms with van der Waals surface area (Å²) < 4.78 is 36.5. The van der Waals surface area contributed by atoms with Gasteiger partial charge in [0.1, 0.15) is 0 Å². The van der Waals surface area contributed by atoms with Crippen molar-refractivity contribution in [1.82, 2.24) is 9.97 Å². The van der Waals surface area contributed by atoms with E-state index in [-0.39, 0.29) is 5.95 Å². The van der Waals surface area contributed by atoms with Gasteiger partial charge in [0.05, 0.1) is 11.8 Å². The third-order valence-electron chi connectivity index (χ3n) is 1.44. The van der Waals surface area contributed by atoms with Crippen LogP contribution in [-0.4, -0.2) is 15.1 Å². The molecular formula is C6H8F3N3O. The highest BCUT2D eigenvalue weighted by Crippen LogP contribution is 2.33. The second-order valence-electron chi connectivity index (χ2n) is 2.56. The Bertz CT molecular complexity index is 305. The van der Waals surface area contributed by atoms with Crippen LogP contribution in [0.5, 0.6) is 0 Å². The minimum absolute atomic E-state index is 0.358. The molecule has 0 fully saturated rings. The standard InChI is InChI=1S/C6H8F3N3O/c1-2(13)3-4(6(7,8)9)12-5(10)11-3/h2,13H,1H3,(H3,10,11,12). The number of aliphatic hydroxyl groups excluding tert-OH is 1. The molecule has 0 amide bonds. The number of nitrogens with zero attached hydrogens (tertiary/aromatic N) is 1. The van der Waals surface area contributed by atoms with Crippen LogP contribution in [0.1, 0.15) is 24.4 Å². The lowest BCUT2D eigenvalue weighted by atomic mass is 10.2. The number of rotatable bonds is 1. The summed E-state index contributed by atoms with van der Waals surface area (Å²) in [6.45, 7) is 1.20. The smallest absolute Gasteiger partial charge is 0.387 e. The summed E-state index contributed by atoms with van der Waals surface area (Å²) >= 11 is 0. The summed E-state index contributed by atoms with van der Waals surface area (Å²) in [6.07, 6.45) is -5.87. The van der Waals surface area contributed by atoms with Gasteiger partial charge in [0.2, 0.25) is 0 Å². The Labute approximate surface area is 71.6 Å². The molecule has 74 valence electrons. The molecule has 1 atom stereocenters. The Kier molecular flexibility index (Phi) is 2.21. The van der Waals surface area contributed by atoms with Crippen molar-refractivity contribution >= 4 is 5.95 Å². The molecule has 0 bridgehead atoms. The summed E-state index contributed by atoms with van der Waals surface area (Å²) in [7, 11) is 0. The van der Waals surface area contributed by atoms with Gasteiger partial charge in [-0.05, 0) is 6.92 Å². The molecule has 1 aromatic rings. The van der Waals surface area contributed by atoms with Gasteiger partial charge in [0, 0.05) is 0 Å². The molecule has 4 nitrogen and oxygen atoms in total. The van der Waals surface area contributed by atoms with E-state index in [1.165, 1.54) is 6.92 Å². The molecule has 0 saturated carbocycles. The van der Waals surface area contributed by atoms with Gasteiger partial charge in [-0.3, -0.25) is 0 Å². The zero-order valence-electron chi connectivity index (χ0n) is 6.68. The first-order chi connectivity index (χ1) is 5.82. The van der Waals surface area contributed by atoms with Crippen molar-refractivity contribution in [3.8, 4) is 0 Å². The van der Waals surface area contributed by atoms with Crippen LogP contribution in [0.3, 0.4) is 0 Å². The van der Waals surface area contributed by atoms with Gasteiger partial charge in [0.25, 0.3) is 0 Å². The molecule has 13 heavy (non-hydrogen) atoms. The molecule has 1 rings (SSSR count).